The molecule has 2 rings (SSSR count). The number of nitrogens with zero attached hydrogens (tertiary/aromatic N) is 1. The van der Waals surface area contributed by atoms with E-state index in [4.69, 9.17) is 23.2 Å². The van der Waals surface area contributed by atoms with Gasteiger partial charge in [0, 0.05) is 5.56 Å². The standard InChI is InChI=1S/C13H12Cl2N2O3S/c14-10-3-1-2-9(12(10)15)11(6-16)17-13(18)8-4-5-21(19,20)7-8/h1-3,8,11H,4-5,7H2,(H,17,18)/t8-,11+/m1/s1. The summed E-state index contributed by atoms with van der Waals surface area (Å²) >= 11 is 11.9. The van der Waals surface area contributed by atoms with Crippen LogP contribution in [0.4, 0.5) is 0 Å². The number of nitrogens with one attached hydrogen (secondary N) is 1. The summed E-state index contributed by atoms with van der Waals surface area (Å²) < 4.78 is 22.8. The number of carbonyl (C=O) groups is 1. The SMILES string of the molecule is N#C[C@H](NC(=O)[C@@H]1CCS(=O)(=O)C1)c1cccc(Cl)c1Cl. The van der Waals surface area contributed by atoms with Crippen LogP contribution < -0.4 is 5.32 Å². The fourth-order valence-electron chi connectivity index (χ4n) is 2.18. The van der Waals surface area contributed by atoms with Crippen molar-refractivity contribution in [1.29, 1.82) is 5.26 Å². The Morgan fingerprint density at radius 2 is 2.14 bits per heavy atom. The lowest BCUT2D eigenvalue weighted by molar-refractivity contribution is -0.124. The molecule has 1 aromatic carbocycles. The number of hydrogen-bond donors (Lipinski definition) is 1. The second-order valence-corrected chi connectivity index (χ2v) is 7.83. The Bertz CT molecular complexity index is 713. The van der Waals surface area contributed by atoms with E-state index in [0.29, 0.717) is 5.56 Å². The maximum absolute atomic E-state index is 12.1. The molecule has 21 heavy (non-hydrogen) atoms. The van der Waals surface area contributed by atoms with Gasteiger partial charge < -0.3 is 5.32 Å². The first kappa shape index (κ1) is 16.1. The van der Waals surface area contributed by atoms with Gasteiger partial charge in [0.15, 0.2) is 9.84 Å². The van der Waals surface area contributed by atoms with Crippen molar-refractivity contribution in [3.8, 4) is 6.07 Å². The number of sulfone groups is 1. The number of nitriles is 1. The second kappa shape index (κ2) is 6.22. The third-order valence-electron chi connectivity index (χ3n) is 3.31. The van der Waals surface area contributed by atoms with Gasteiger partial charge in [0.2, 0.25) is 5.91 Å². The Morgan fingerprint density at radius 1 is 1.43 bits per heavy atom. The molecule has 8 heteroatoms. The predicted molar refractivity (Wildman–Crippen MR) is 79.7 cm³/mol. The molecule has 1 aromatic rings. The molecule has 1 aliphatic rings. The molecule has 0 saturated carbocycles. The van der Waals surface area contributed by atoms with E-state index in [9.17, 15) is 18.5 Å². The summed E-state index contributed by atoms with van der Waals surface area (Å²) in [6.07, 6.45) is 0.273. The first-order chi connectivity index (χ1) is 9.84. The number of benzene rings is 1. The van der Waals surface area contributed by atoms with Gasteiger partial charge in [0.05, 0.1) is 33.5 Å². The highest BCUT2D eigenvalue weighted by Gasteiger charge is 2.34. The van der Waals surface area contributed by atoms with Crippen LogP contribution in [0.1, 0.15) is 18.0 Å². The van der Waals surface area contributed by atoms with E-state index >= 15 is 0 Å². The zero-order valence-corrected chi connectivity index (χ0v) is 13.2. The molecule has 1 aliphatic heterocycles. The molecule has 5 nitrogen and oxygen atoms in total. The van der Waals surface area contributed by atoms with Crippen LogP contribution >= 0.6 is 23.2 Å². The van der Waals surface area contributed by atoms with Crippen molar-refractivity contribution < 1.29 is 13.2 Å². The van der Waals surface area contributed by atoms with E-state index in [-0.39, 0.29) is 28.0 Å². The molecule has 1 amide bonds. The molecule has 1 saturated heterocycles. The molecule has 1 N–H and O–H groups in total. The monoisotopic (exact) mass is 346 g/mol. The fraction of sp³-hybridized carbons (Fsp3) is 0.385. The van der Waals surface area contributed by atoms with Crippen LogP contribution in [0.3, 0.4) is 0 Å². The van der Waals surface area contributed by atoms with Gasteiger partial charge in [-0.05, 0) is 12.5 Å². The lowest BCUT2D eigenvalue weighted by atomic mass is 10.0. The molecule has 0 spiro atoms. The highest BCUT2D eigenvalue weighted by molar-refractivity contribution is 7.91. The summed E-state index contributed by atoms with van der Waals surface area (Å²) in [6.45, 7) is 0. The molecule has 0 bridgehead atoms. The van der Waals surface area contributed by atoms with Crippen molar-refractivity contribution in [2.24, 2.45) is 5.92 Å². The summed E-state index contributed by atoms with van der Waals surface area (Å²) in [7, 11) is -3.15. The Hall–Kier alpha value is -1.29. The minimum Gasteiger partial charge on any atom is -0.336 e. The van der Waals surface area contributed by atoms with Gasteiger partial charge in [-0.2, -0.15) is 5.26 Å². The molecule has 2 atom stereocenters. The van der Waals surface area contributed by atoms with Crippen LogP contribution in [0.25, 0.3) is 0 Å². The first-order valence-electron chi connectivity index (χ1n) is 6.18. The Balaban J connectivity index is 2.15. The highest BCUT2D eigenvalue weighted by Crippen LogP contribution is 2.30. The quantitative estimate of drug-likeness (QED) is 0.907. The minimum atomic E-state index is -3.15. The van der Waals surface area contributed by atoms with Gasteiger partial charge in [-0.1, -0.05) is 35.3 Å². The van der Waals surface area contributed by atoms with Crippen molar-refractivity contribution in [2.75, 3.05) is 11.5 Å². The number of amides is 1. The van der Waals surface area contributed by atoms with Crippen LogP contribution in [-0.4, -0.2) is 25.8 Å². The number of rotatable bonds is 3. The van der Waals surface area contributed by atoms with E-state index in [0.717, 1.165) is 0 Å². The maximum atomic E-state index is 12.1. The van der Waals surface area contributed by atoms with E-state index < -0.39 is 27.7 Å². The molecule has 0 unspecified atom stereocenters. The van der Waals surface area contributed by atoms with Gasteiger partial charge in [-0.15, -0.1) is 0 Å². The smallest absolute Gasteiger partial charge is 0.225 e. The summed E-state index contributed by atoms with van der Waals surface area (Å²) in [5.74, 6) is -1.26. The third kappa shape index (κ3) is 3.67. The minimum absolute atomic E-state index is 0.000226. The zero-order valence-electron chi connectivity index (χ0n) is 10.8. The van der Waals surface area contributed by atoms with Crippen LogP contribution in [0, 0.1) is 17.2 Å². The van der Waals surface area contributed by atoms with Gasteiger partial charge in [-0.25, -0.2) is 8.42 Å². The van der Waals surface area contributed by atoms with Crippen molar-refractivity contribution >= 4 is 38.9 Å². The van der Waals surface area contributed by atoms with E-state index in [1.165, 1.54) is 0 Å². The Morgan fingerprint density at radius 3 is 2.71 bits per heavy atom. The average Bonchev–Trinajstić information content (AvgIpc) is 2.80. The van der Waals surface area contributed by atoms with Gasteiger partial charge >= 0.3 is 0 Å². The predicted octanol–water partition coefficient (Wildman–Crippen LogP) is 2.11. The molecule has 112 valence electrons. The molecular weight excluding hydrogens is 335 g/mol. The van der Waals surface area contributed by atoms with Gasteiger partial charge in [0.25, 0.3) is 0 Å². The van der Waals surface area contributed by atoms with Crippen molar-refractivity contribution in [2.45, 2.75) is 12.5 Å². The van der Waals surface area contributed by atoms with Crippen LogP contribution in [-0.2, 0) is 14.6 Å². The number of hydrogen-bond acceptors (Lipinski definition) is 4. The van der Waals surface area contributed by atoms with E-state index in [1.54, 1.807) is 18.2 Å². The lowest BCUT2D eigenvalue weighted by Gasteiger charge is -2.16. The van der Waals surface area contributed by atoms with Crippen molar-refractivity contribution in [3.05, 3.63) is 33.8 Å². The van der Waals surface area contributed by atoms with Crippen LogP contribution in [0.2, 0.25) is 10.0 Å². The third-order valence-corrected chi connectivity index (χ3v) is 5.91. The largest absolute Gasteiger partial charge is 0.336 e. The molecule has 0 aliphatic carbocycles. The van der Waals surface area contributed by atoms with Crippen molar-refractivity contribution in [1.82, 2.24) is 5.32 Å². The summed E-state index contributed by atoms with van der Waals surface area (Å²) in [5.41, 5.74) is 0.390. The topological polar surface area (TPSA) is 87.0 Å². The van der Waals surface area contributed by atoms with E-state index in [2.05, 4.69) is 5.32 Å². The number of carbonyl (C=O) groups excluding carboxylic acids is 1. The molecule has 1 fully saturated rings. The maximum Gasteiger partial charge on any atom is 0.225 e. The normalized spacial score (nSPS) is 21.5. The second-order valence-electron chi connectivity index (χ2n) is 4.81. The van der Waals surface area contributed by atoms with Gasteiger partial charge in [-0.3, -0.25) is 4.79 Å². The Labute approximate surface area is 132 Å². The molecule has 0 aromatic heterocycles. The summed E-state index contributed by atoms with van der Waals surface area (Å²) in [6, 6.07) is 5.76. The molecule has 1 heterocycles. The molecule has 0 radical (unpaired) electrons. The average molecular weight is 347 g/mol. The van der Waals surface area contributed by atoms with Gasteiger partial charge in [0.1, 0.15) is 6.04 Å². The summed E-state index contributed by atoms with van der Waals surface area (Å²) in [5, 5.41) is 12.2. The van der Waals surface area contributed by atoms with Crippen LogP contribution in [0.15, 0.2) is 18.2 Å². The first-order valence-corrected chi connectivity index (χ1v) is 8.76. The zero-order chi connectivity index (χ0) is 15.6. The van der Waals surface area contributed by atoms with Crippen LogP contribution in [0.5, 0.6) is 0 Å². The van der Waals surface area contributed by atoms with Crippen molar-refractivity contribution in [3.63, 3.8) is 0 Å². The van der Waals surface area contributed by atoms with E-state index in [1.807, 2.05) is 6.07 Å². The summed E-state index contributed by atoms with van der Waals surface area (Å²) in [4.78, 5) is 12.1. The Kier molecular flexibility index (Phi) is 4.77. The number of halogens is 2. The fourth-order valence-corrected chi connectivity index (χ4v) is 4.34. The lowest BCUT2D eigenvalue weighted by Crippen LogP contribution is -2.34. The molecular formula is C13H12Cl2N2O3S. The highest BCUT2D eigenvalue weighted by atomic mass is 35.5.